The predicted molar refractivity (Wildman–Crippen MR) is 112 cm³/mol. The maximum Gasteiger partial charge on any atom is 0.180 e. The molecule has 0 saturated carbocycles. The van der Waals surface area contributed by atoms with Gasteiger partial charge in [0.15, 0.2) is 25.5 Å². The van der Waals surface area contributed by atoms with Gasteiger partial charge in [0.1, 0.15) is 5.69 Å². The molecule has 0 N–H and O–H groups in total. The molecule has 29 heavy (non-hydrogen) atoms. The lowest BCUT2D eigenvalue weighted by molar-refractivity contribution is 0.596. The molecule has 0 aliphatic carbocycles. The van der Waals surface area contributed by atoms with Crippen LogP contribution in [0.4, 0.5) is 0 Å². The molecule has 0 aliphatic rings. The number of rotatable bonds is 4. The lowest BCUT2D eigenvalue weighted by Gasteiger charge is -2.10. The second-order valence-electron chi connectivity index (χ2n) is 6.85. The van der Waals surface area contributed by atoms with E-state index < -0.39 is 19.7 Å². The highest BCUT2D eigenvalue weighted by molar-refractivity contribution is 7.91. The average molecular weight is 430 g/mol. The molecule has 4 rings (SSSR count). The molecule has 0 radical (unpaired) electrons. The van der Waals surface area contributed by atoms with E-state index in [-0.39, 0.29) is 21.2 Å². The number of nitrogens with zero attached hydrogens (tertiary/aromatic N) is 3. The molecule has 0 aliphatic heterocycles. The maximum absolute atomic E-state index is 12.8. The van der Waals surface area contributed by atoms with Gasteiger partial charge in [0.05, 0.1) is 32.1 Å². The molecule has 0 atom stereocenters. The van der Waals surface area contributed by atoms with Crippen LogP contribution in [0.25, 0.3) is 33.5 Å². The zero-order chi connectivity index (χ0) is 21.0. The average Bonchev–Trinajstić information content (AvgIpc) is 3.02. The van der Waals surface area contributed by atoms with Crippen LogP contribution in [0.1, 0.15) is 6.92 Å². The largest absolute Gasteiger partial charge is 0.326 e. The summed E-state index contributed by atoms with van der Waals surface area (Å²) in [6, 6.07) is 13.6. The Morgan fingerprint density at radius 1 is 0.931 bits per heavy atom. The fourth-order valence-electron chi connectivity index (χ4n) is 3.27. The first kappa shape index (κ1) is 19.5. The molecular weight excluding hydrogens is 410 g/mol. The van der Waals surface area contributed by atoms with Crippen LogP contribution >= 0.6 is 0 Å². The standard InChI is InChI=1S/C20H19N3O4S2/c1-4-29(26,27)18-11-13-7-5-6-8-15(13)21-19(18)20-22-16-12-14(28(3,24)25)9-10-17(16)23(20)2/h5-12H,4H2,1-3H3. The number of para-hydroxylation sites is 1. The summed E-state index contributed by atoms with van der Waals surface area (Å²) in [5, 5.41) is 0.724. The molecular formula is C20H19N3O4S2. The number of hydrogen-bond acceptors (Lipinski definition) is 6. The summed E-state index contributed by atoms with van der Waals surface area (Å²) in [4.78, 5) is 9.42. The van der Waals surface area contributed by atoms with Crippen LogP contribution < -0.4 is 0 Å². The van der Waals surface area contributed by atoms with E-state index in [2.05, 4.69) is 9.97 Å². The van der Waals surface area contributed by atoms with Crippen molar-refractivity contribution in [1.29, 1.82) is 0 Å². The van der Waals surface area contributed by atoms with Crippen molar-refractivity contribution in [2.24, 2.45) is 7.05 Å². The molecule has 9 heteroatoms. The Balaban J connectivity index is 2.07. The van der Waals surface area contributed by atoms with Crippen molar-refractivity contribution in [2.75, 3.05) is 12.0 Å². The van der Waals surface area contributed by atoms with Gasteiger partial charge in [0.25, 0.3) is 0 Å². The van der Waals surface area contributed by atoms with E-state index in [9.17, 15) is 16.8 Å². The Hall–Kier alpha value is -2.78. The van der Waals surface area contributed by atoms with Crippen LogP contribution in [-0.4, -0.2) is 43.4 Å². The minimum absolute atomic E-state index is 0.0673. The normalized spacial score (nSPS) is 12.7. The monoisotopic (exact) mass is 429 g/mol. The minimum atomic E-state index is -3.57. The molecule has 2 aromatic heterocycles. The Morgan fingerprint density at radius 2 is 1.66 bits per heavy atom. The molecule has 0 unspecified atom stereocenters. The van der Waals surface area contributed by atoms with Crippen molar-refractivity contribution in [3.63, 3.8) is 0 Å². The van der Waals surface area contributed by atoms with E-state index >= 15 is 0 Å². The fraction of sp³-hybridized carbons (Fsp3) is 0.200. The number of aryl methyl sites for hydroxylation is 1. The van der Waals surface area contributed by atoms with E-state index in [1.807, 2.05) is 24.3 Å². The van der Waals surface area contributed by atoms with Crippen LogP contribution in [0.3, 0.4) is 0 Å². The number of hydrogen-bond donors (Lipinski definition) is 0. The van der Waals surface area contributed by atoms with E-state index in [1.54, 1.807) is 30.7 Å². The van der Waals surface area contributed by atoms with Crippen LogP contribution in [0.2, 0.25) is 0 Å². The topological polar surface area (TPSA) is 99.0 Å². The predicted octanol–water partition coefficient (Wildman–Crippen LogP) is 2.99. The molecule has 0 fully saturated rings. The van der Waals surface area contributed by atoms with E-state index in [0.29, 0.717) is 22.4 Å². The van der Waals surface area contributed by atoms with Crippen LogP contribution in [-0.2, 0) is 26.7 Å². The van der Waals surface area contributed by atoms with Gasteiger partial charge in [-0.25, -0.2) is 26.8 Å². The zero-order valence-electron chi connectivity index (χ0n) is 16.1. The molecule has 2 heterocycles. The summed E-state index contributed by atoms with van der Waals surface area (Å²) < 4.78 is 51.1. The molecule has 150 valence electrons. The molecule has 0 saturated heterocycles. The van der Waals surface area contributed by atoms with E-state index in [4.69, 9.17) is 0 Å². The Morgan fingerprint density at radius 3 is 2.34 bits per heavy atom. The van der Waals surface area contributed by atoms with Gasteiger partial charge in [-0.15, -0.1) is 0 Å². The van der Waals surface area contributed by atoms with Gasteiger partial charge < -0.3 is 4.57 Å². The van der Waals surface area contributed by atoms with E-state index in [0.717, 1.165) is 11.6 Å². The van der Waals surface area contributed by atoms with Gasteiger partial charge in [-0.2, -0.15) is 0 Å². The second kappa shape index (κ2) is 6.64. The molecule has 0 amide bonds. The third-order valence-corrected chi connectivity index (χ3v) is 7.75. The van der Waals surface area contributed by atoms with Crippen LogP contribution in [0.15, 0.2) is 58.3 Å². The molecule has 7 nitrogen and oxygen atoms in total. The molecule has 4 aromatic rings. The van der Waals surface area contributed by atoms with Gasteiger partial charge in [-0.3, -0.25) is 0 Å². The number of fused-ring (bicyclic) bond motifs is 2. The summed E-state index contributed by atoms with van der Waals surface area (Å²) in [5.41, 5.74) is 2.05. The quantitative estimate of drug-likeness (QED) is 0.495. The number of benzene rings is 2. The van der Waals surface area contributed by atoms with Gasteiger partial charge in [0.2, 0.25) is 0 Å². The van der Waals surface area contributed by atoms with Crippen LogP contribution in [0.5, 0.6) is 0 Å². The highest BCUT2D eigenvalue weighted by Gasteiger charge is 2.24. The molecule has 0 bridgehead atoms. The third kappa shape index (κ3) is 3.30. The number of sulfone groups is 2. The van der Waals surface area contributed by atoms with Crippen molar-refractivity contribution in [2.45, 2.75) is 16.7 Å². The summed E-state index contributed by atoms with van der Waals surface area (Å²) in [7, 11) is -5.20. The van der Waals surface area contributed by atoms with Crippen molar-refractivity contribution < 1.29 is 16.8 Å². The Kier molecular flexibility index (Phi) is 4.47. The lowest BCUT2D eigenvalue weighted by atomic mass is 10.2. The van der Waals surface area contributed by atoms with Crippen molar-refractivity contribution in [3.8, 4) is 11.5 Å². The van der Waals surface area contributed by atoms with Gasteiger partial charge in [0, 0.05) is 18.7 Å². The smallest absolute Gasteiger partial charge is 0.180 e. The first-order chi connectivity index (χ1) is 13.6. The highest BCUT2D eigenvalue weighted by Crippen LogP contribution is 2.31. The summed E-state index contributed by atoms with van der Waals surface area (Å²) >= 11 is 0. The second-order valence-corrected chi connectivity index (χ2v) is 11.1. The van der Waals surface area contributed by atoms with Crippen molar-refractivity contribution in [3.05, 3.63) is 48.5 Å². The van der Waals surface area contributed by atoms with Crippen LogP contribution in [0, 0.1) is 0 Å². The number of imidazole rings is 1. The Bertz CT molecular complexity index is 1490. The third-order valence-electron chi connectivity index (χ3n) is 4.90. The van der Waals surface area contributed by atoms with Gasteiger partial charge in [-0.1, -0.05) is 25.1 Å². The summed E-state index contributed by atoms with van der Waals surface area (Å²) in [6.45, 7) is 1.58. The minimum Gasteiger partial charge on any atom is -0.326 e. The summed E-state index contributed by atoms with van der Waals surface area (Å²) in [6.07, 6.45) is 1.13. The first-order valence-electron chi connectivity index (χ1n) is 8.91. The number of aromatic nitrogens is 3. The highest BCUT2D eigenvalue weighted by atomic mass is 32.2. The maximum atomic E-state index is 12.8. The SMILES string of the molecule is CCS(=O)(=O)c1cc2ccccc2nc1-c1nc2cc(S(C)(=O)=O)ccc2n1C. The number of pyridine rings is 1. The summed E-state index contributed by atoms with van der Waals surface area (Å²) in [5.74, 6) is 0.297. The molecule has 2 aromatic carbocycles. The fourth-order valence-corrected chi connectivity index (χ4v) is 4.96. The first-order valence-corrected chi connectivity index (χ1v) is 12.5. The van der Waals surface area contributed by atoms with Crippen molar-refractivity contribution >= 4 is 41.6 Å². The lowest BCUT2D eigenvalue weighted by Crippen LogP contribution is -2.09. The zero-order valence-corrected chi connectivity index (χ0v) is 17.8. The Labute approximate surface area is 168 Å². The molecule has 0 spiro atoms. The van der Waals surface area contributed by atoms with Gasteiger partial charge in [-0.05, 0) is 30.3 Å². The van der Waals surface area contributed by atoms with E-state index in [1.165, 1.54) is 12.1 Å². The van der Waals surface area contributed by atoms with Gasteiger partial charge >= 0.3 is 0 Å². The van der Waals surface area contributed by atoms with Crippen molar-refractivity contribution in [1.82, 2.24) is 14.5 Å².